The van der Waals surface area contributed by atoms with Crippen molar-refractivity contribution >= 4 is 21.5 Å². The summed E-state index contributed by atoms with van der Waals surface area (Å²) in [6.07, 6.45) is 3.27. The molecule has 0 aliphatic carbocycles. The minimum Gasteiger partial charge on any atom is -0.497 e. The summed E-state index contributed by atoms with van der Waals surface area (Å²) >= 11 is 0. The van der Waals surface area contributed by atoms with Crippen molar-refractivity contribution in [2.75, 3.05) is 12.4 Å². The third-order valence-electron chi connectivity index (χ3n) is 6.49. The minimum atomic E-state index is -4.01. The van der Waals surface area contributed by atoms with Gasteiger partial charge in [0.15, 0.2) is 0 Å². The standard InChI is InChI=1S/C30H28FN5O3S/c1-20(2)26-17-23(31)18-27(22-13-15-32-16-14-22)28(26)33-29-34-35-30(40(37,38)25-7-5-4-6-8-25)36(29)19-21-9-11-24(39-3)12-10-21/h4-18,20H,19H2,1-3H3,(H,33,34). The molecule has 0 saturated heterocycles. The number of nitrogens with one attached hydrogen (secondary N) is 1. The van der Waals surface area contributed by atoms with E-state index in [2.05, 4.69) is 20.5 Å². The van der Waals surface area contributed by atoms with Gasteiger partial charge in [0.25, 0.3) is 5.16 Å². The van der Waals surface area contributed by atoms with E-state index < -0.39 is 9.84 Å². The number of pyridine rings is 1. The molecule has 2 aromatic heterocycles. The Morgan fingerprint density at radius 3 is 2.30 bits per heavy atom. The van der Waals surface area contributed by atoms with Crippen LogP contribution in [-0.2, 0) is 16.4 Å². The van der Waals surface area contributed by atoms with Gasteiger partial charge in [-0.15, -0.1) is 10.2 Å². The fourth-order valence-electron chi connectivity index (χ4n) is 4.43. The van der Waals surface area contributed by atoms with E-state index in [4.69, 9.17) is 4.74 Å². The smallest absolute Gasteiger partial charge is 0.256 e. The van der Waals surface area contributed by atoms with Gasteiger partial charge in [0.05, 0.1) is 24.2 Å². The molecule has 1 N–H and O–H groups in total. The van der Waals surface area contributed by atoms with E-state index >= 15 is 0 Å². The molecule has 0 amide bonds. The normalized spacial score (nSPS) is 11.5. The van der Waals surface area contributed by atoms with Gasteiger partial charge in [-0.2, -0.15) is 0 Å². The Labute approximate surface area is 232 Å². The molecule has 2 heterocycles. The first-order valence-corrected chi connectivity index (χ1v) is 14.1. The van der Waals surface area contributed by atoms with Crippen LogP contribution in [0.3, 0.4) is 0 Å². The molecule has 3 aromatic carbocycles. The first-order chi connectivity index (χ1) is 19.3. The average Bonchev–Trinajstić information content (AvgIpc) is 3.37. The monoisotopic (exact) mass is 557 g/mol. The zero-order valence-corrected chi connectivity index (χ0v) is 23.1. The van der Waals surface area contributed by atoms with Crippen LogP contribution in [0.25, 0.3) is 11.1 Å². The lowest BCUT2D eigenvalue weighted by molar-refractivity contribution is 0.414. The first-order valence-electron chi connectivity index (χ1n) is 12.6. The fraction of sp³-hybridized carbons (Fsp3) is 0.167. The Hall–Kier alpha value is -4.57. The average molecular weight is 558 g/mol. The number of hydrogen-bond acceptors (Lipinski definition) is 7. The summed E-state index contributed by atoms with van der Waals surface area (Å²) < 4.78 is 49.0. The van der Waals surface area contributed by atoms with E-state index in [0.717, 1.165) is 11.1 Å². The number of benzene rings is 3. The van der Waals surface area contributed by atoms with Crippen molar-refractivity contribution in [1.82, 2.24) is 19.7 Å². The summed E-state index contributed by atoms with van der Waals surface area (Å²) in [5, 5.41) is 11.5. The first kappa shape index (κ1) is 27.0. The zero-order chi connectivity index (χ0) is 28.3. The van der Waals surface area contributed by atoms with Gasteiger partial charge in [-0.25, -0.2) is 12.8 Å². The fourth-order valence-corrected chi connectivity index (χ4v) is 5.75. The van der Waals surface area contributed by atoms with Gasteiger partial charge < -0.3 is 10.1 Å². The number of methoxy groups -OCH3 is 1. The third-order valence-corrected chi connectivity index (χ3v) is 8.17. The van der Waals surface area contributed by atoms with Gasteiger partial charge in [0, 0.05) is 18.0 Å². The van der Waals surface area contributed by atoms with Gasteiger partial charge in [-0.3, -0.25) is 9.55 Å². The van der Waals surface area contributed by atoms with Crippen molar-refractivity contribution in [3.05, 3.63) is 108 Å². The van der Waals surface area contributed by atoms with Crippen molar-refractivity contribution in [1.29, 1.82) is 0 Å². The van der Waals surface area contributed by atoms with Crippen molar-refractivity contribution < 1.29 is 17.5 Å². The van der Waals surface area contributed by atoms with Gasteiger partial charge in [0.2, 0.25) is 15.8 Å². The summed E-state index contributed by atoms with van der Waals surface area (Å²) in [5.41, 5.74) is 3.47. The van der Waals surface area contributed by atoms with Crippen LogP contribution in [0.2, 0.25) is 0 Å². The van der Waals surface area contributed by atoms with Crippen LogP contribution < -0.4 is 10.1 Å². The number of sulfone groups is 1. The van der Waals surface area contributed by atoms with E-state index in [0.29, 0.717) is 22.6 Å². The van der Waals surface area contributed by atoms with Gasteiger partial charge in [-0.1, -0.05) is 44.2 Å². The zero-order valence-electron chi connectivity index (χ0n) is 22.2. The molecule has 204 valence electrons. The second-order valence-corrected chi connectivity index (χ2v) is 11.3. The number of hydrogen-bond donors (Lipinski definition) is 1. The van der Waals surface area contributed by atoms with E-state index in [9.17, 15) is 12.8 Å². The number of aromatic nitrogens is 4. The molecule has 0 radical (unpaired) electrons. The van der Waals surface area contributed by atoms with Crippen LogP contribution in [0.1, 0.15) is 30.9 Å². The molecule has 0 fully saturated rings. The van der Waals surface area contributed by atoms with Crippen molar-refractivity contribution in [2.45, 2.75) is 36.4 Å². The summed E-state index contributed by atoms with van der Waals surface area (Å²) in [6.45, 7) is 4.08. The number of nitrogens with zero attached hydrogens (tertiary/aromatic N) is 4. The molecule has 10 heteroatoms. The van der Waals surface area contributed by atoms with Crippen molar-refractivity contribution in [3.63, 3.8) is 0 Å². The highest BCUT2D eigenvalue weighted by Gasteiger charge is 2.28. The molecule has 0 atom stereocenters. The predicted molar refractivity (Wildman–Crippen MR) is 151 cm³/mol. The molecule has 0 unspecified atom stereocenters. The SMILES string of the molecule is COc1ccc(Cn2c(Nc3c(-c4ccncc4)cc(F)cc3C(C)C)nnc2S(=O)(=O)c2ccccc2)cc1. The van der Waals surface area contributed by atoms with Crippen LogP contribution >= 0.6 is 0 Å². The Kier molecular flexibility index (Phi) is 7.61. The van der Waals surface area contributed by atoms with Crippen LogP contribution in [0.4, 0.5) is 16.0 Å². The molecular formula is C30H28FN5O3S. The largest absolute Gasteiger partial charge is 0.497 e. The molecule has 0 aliphatic rings. The molecular weight excluding hydrogens is 529 g/mol. The topological polar surface area (TPSA) is 99.0 Å². The van der Waals surface area contributed by atoms with Crippen molar-refractivity contribution in [3.8, 4) is 16.9 Å². The number of halogens is 1. The Morgan fingerprint density at radius 2 is 1.65 bits per heavy atom. The van der Waals surface area contributed by atoms with Crippen LogP contribution in [0.5, 0.6) is 5.75 Å². The summed E-state index contributed by atoms with van der Waals surface area (Å²) in [5.74, 6) is 0.448. The van der Waals surface area contributed by atoms with Crippen LogP contribution in [0.15, 0.2) is 101 Å². The highest BCUT2D eigenvalue weighted by atomic mass is 32.2. The lowest BCUT2D eigenvalue weighted by atomic mass is 9.94. The molecule has 5 aromatic rings. The highest BCUT2D eigenvalue weighted by Crippen LogP contribution is 2.38. The third kappa shape index (κ3) is 5.43. The van der Waals surface area contributed by atoms with Gasteiger partial charge in [0.1, 0.15) is 11.6 Å². The summed E-state index contributed by atoms with van der Waals surface area (Å²) in [6, 6.07) is 21.9. The Balaban J connectivity index is 1.68. The lowest BCUT2D eigenvalue weighted by Gasteiger charge is -2.20. The maximum Gasteiger partial charge on any atom is 0.256 e. The van der Waals surface area contributed by atoms with Gasteiger partial charge in [-0.05, 0) is 71.1 Å². The quantitative estimate of drug-likeness (QED) is 0.229. The highest BCUT2D eigenvalue weighted by molar-refractivity contribution is 7.91. The van der Waals surface area contributed by atoms with E-state index in [1.54, 1.807) is 62.0 Å². The summed E-state index contributed by atoms with van der Waals surface area (Å²) in [7, 11) is -2.43. The van der Waals surface area contributed by atoms with Crippen LogP contribution in [0, 0.1) is 5.82 Å². The second kappa shape index (κ2) is 11.3. The maximum atomic E-state index is 14.8. The minimum absolute atomic E-state index is 0.0516. The molecule has 5 rings (SSSR count). The van der Waals surface area contributed by atoms with Crippen molar-refractivity contribution in [2.24, 2.45) is 0 Å². The molecule has 8 nitrogen and oxygen atoms in total. The number of anilines is 2. The molecule has 0 saturated carbocycles. The van der Waals surface area contributed by atoms with E-state index in [1.807, 2.05) is 26.0 Å². The molecule has 40 heavy (non-hydrogen) atoms. The Bertz CT molecular complexity index is 1720. The van der Waals surface area contributed by atoms with Crippen LogP contribution in [-0.4, -0.2) is 35.3 Å². The number of ether oxygens (including phenoxy) is 1. The predicted octanol–water partition coefficient (Wildman–Crippen LogP) is 6.24. The van der Waals surface area contributed by atoms with Gasteiger partial charge >= 0.3 is 0 Å². The summed E-state index contributed by atoms with van der Waals surface area (Å²) in [4.78, 5) is 4.18. The molecule has 0 spiro atoms. The number of rotatable bonds is 9. The second-order valence-electron chi connectivity index (χ2n) is 9.49. The Morgan fingerprint density at radius 1 is 0.950 bits per heavy atom. The van der Waals surface area contributed by atoms with E-state index in [1.165, 1.54) is 28.8 Å². The van der Waals surface area contributed by atoms with E-state index in [-0.39, 0.29) is 34.3 Å². The molecule has 0 bridgehead atoms. The molecule has 0 aliphatic heterocycles. The lowest BCUT2D eigenvalue weighted by Crippen LogP contribution is -2.14. The maximum absolute atomic E-state index is 14.8.